The molecular weight excluding hydrogens is 307 g/mol. The molecule has 1 heterocycles. The van der Waals surface area contributed by atoms with Crippen molar-refractivity contribution in [3.63, 3.8) is 0 Å². The first kappa shape index (κ1) is 16.4. The van der Waals surface area contributed by atoms with Crippen LogP contribution in [0.25, 0.3) is 0 Å². The van der Waals surface area contributed by atoms with E-state index in [9.17, 15) is 9.18 Å². The summed E-state index contributed by atoms with van der Waals surface area (Å²) >= 11 is 0. The lowest BCUT2D eigenvalue weighted by Crippen LogP contribution is -2.33. The number of carbonyl (C=O) groups is 1. The lowest BCUT2D eigenvalue weighted by molar-refractivity contribution is 0.0932. The molecule has 0 atom stereocenters. The van der Waals surface area contributed by atoms with Gasteiger partial charge >= 0.3 is 0 Å². The van der Waals surface area contributed by atoms with Crippen molar-refractivity contribution in [3.05, 3.63) is 53.7 Å². The molecule has 0 spiro atoms. The number of aromatic nitrogens is 2. The first-order valence-corrected chi connectivity index (χ1v) is 8.32. The molecule has 1 aliphatic rings. The third-order valence-corrected chi connectivity index (χ3v) is 4.23. The fraction of sp³-hybridized carbons (Fsp3) is 0.389. The molecule has 0 saturated heterocycles. The maximum absolute atomic E-state index is 13.5. The highest BCUT2D eigenvalue weighted by Crippen LogP contribution is 2.18. The van der Waals surface area contributed by atoms with Crippen LogP contribution in [0.15, 0.2) is 36.7 Å². The highest BCUT2D eigenvalue weighted by molar-refractivity contribution is 5.92. The van der Waals surface area contributed by atoms with Gasteiger partial charge in [-0.3, -0.25) is 4.79 Å². The lowest BCUT2D eigenvalue weighted by atomic mass is 10.1. The summed E-state index contributed by atoms with van der Waals surface area (Å²) in [5, 5.41) is 6.07. The van der Waals surface area contributed by atoms with E-state index in [1.165, 1.54) is 31.3 Å². The van der Waals surface area contributed by atoms with Crippen molar-refractivity contribution in [1.82, 2.24) is 15.3 Å². The van der Waals surface area contributed by atoms with Gasteiger partial charge in [0.2, 0.25) is 0 Å². The summed E-state index contributed by atoms with van der Waals surface area (Å²) in [5.74, 6) is 0.195. The first-order valence-electron chi connectivity index (χ1n) is 8.32. The van der Waals surface area contributed by atoms with Crippen molar-refractivity contribution in [1.29, 1.82) is 0 Å². The van der Waals surface area contributed by atoms with Gasteiger partial charge in [0, 0.05) is 12.6 Å². The normalized spacial score (nSPS) is 14.5. The molecule has 0 aliphatic heterocycles. The summed E-state index contributed by atoms with van der Waals surface area (Å²) in [6.07, 6.45) is 7.96. The summed E-state index contributed by atoms with van der Waals surface area (Å²) in [7, 11) is 0. The molecule has 1 fully saturated rings. The van der Waals surface area contributed by atoms with Crippen LogP contribution in [0.4, 0.5) is 10.2 Å². The summed E-state index contributed by atoms with van der Waals surface area (Å²) < 4.78 is 13.5. The molecule has 1 aromatic heterocycles. The van der Waals surface area contributed by atoms with Crippen LogP contribution < -0.4 is 10.6 Å². The Morgan fingerprint density at radius 1 is 1.17 bits per heavy atom. The van der Waals surface area contributed by atoms with Crippen LogP contribution in [-0.2, 0) is 6.42 Å². The largest absolute Gasteiger partial charge is 0.368 e. The van der Waals surface area contributed by atoms with Gasteiger partial charge in [-0.1, -0.05) is 31.0 Å². The second-order valence-electron chi connectivity index (χ2n) is 6.01. The molecule has 24 heavy (non-hydrogen) atoms. The Bertz CT molecular complexity index is 684. The summed E-state index contributed by atoms with van der Waals surface area (Å²) in [6.45, 7) is 0.545. The van der Waals surface area contributed by atoms with Gasteiger partial charge in [0.1, 0.15) is 17.3 Å². The smallest absolute Gasteiger partial charge is 0.271 e. The second-order valence-corrected chi connectivity index (χ2v) is 6.01. The Morgan fingerprint density at radius 2 is 1.96 bits per heavy atom. The van der Waals surface area contributed by atoms with E-state index in [2.05, 4.69) is 20.6 Å². The quantitative estimate of drug-likeness (QED) is 0.855. The van der Waals surface area contributed by atoms with Crippen LogP contribution in [0.3, 0.4) is 0 Å². The predicted octanol–water partition coefficient (Wildman–Crippen LogP) is 2.94. The van der Waals surface area contributed by atoms with Crippen LogP contribution in [0.2, 0.25) is 0 Å². The molecular formula is C18H21FN4O. The van der Waals surface area contributed by atoms with E-state index in [0.29, 0.717) is 30.0 Å². The maximum Gasteiger partial charge on any atom is 0.271 e. The van der Waals surface area contributed by atoms with E-state index in [1.54, 1.807) is 12.1 Å². The fourth-order valence-corrected chi connectivity index (χ4v) is 2.89. The number of hydrogen-bond donors (Lipinski definition) is 2. The minimum absolute atomic E-state index is 0.174. The molecule has 2 N–H and O–H groups in total. The SMILES string of the molecule is O=C(NC1CCCC1)c1cnc(NCCc2ccccc2F)cn1. The van der Waals surface area contributed by atoms with Crippen LogP contribution in [0.5, 0.6) is 0 Å². The van der Waals surface area contributed by atoms with Crippen LogP contribution >= 0.6 is 0 Å². The number of benzene rings is 1. The van der Waals surface area contributed by atoms with Gasteiger partial charge in [-0.05, 0) is 30.9 Å². The van der Waals surface area contributed by atoms with E-state index < -0.39 is 0 Å². The lowest BCUT2D eigenvalue weighted by Gasteiger charge is -2.11. The van der Waals surface area contributed by atoms with Gasteiger partial charge in [0.15, 0.2) is 0 Å². The maximum atomic E-state index is 13.5. The average molecular weight is 328 g/mol. The molecule has 1 amide bonds. The standard InChI is InChI=1S/C18H21FN4O/c19-15-8-4-1-5-13(15)9-10-20-17-12-21-16(11-22-17)18(24)23-14-6-2-3-7-14/h1,4-5,8,11-12,14H,2-3,6-7,9-10H2,(H,20,22)(H,23,24). The molecule has 0 bridgehead atoms. The average Bonchev–Trinajstić information content (AvgIpc) is 3.10. The van der Waals surface area contributed by atoms with Crippen molar-refractivity contribution in [2.75, 3.05) is 11.9 Å². The molecule has 5 nitrogen and oxygen atoms in total. The van der Waals surface area contributed by atoms with Gasteiger partial charge in [-0.25, -0.2) is 14.4 Å². The minimum Gasteiger partial charge on any atom is -0.368 e. The van der Waals surface area contributed by atoms with Crippen LogP contribution in [0.1, 0.15) is 41.7 Å². The summed E-state index contributed by atoms with van der Waals surface area (Å²) in [5.41, 5.74) is 0.979. The van der Waals surface area contributed by atoms with Crippen LogP contribution in [-0.4, -0.2) is 28.5 Å². The van der Waals surface area contributed by atoms with E-state index >= 15 is 0 Å². The monoisotopic (exact) mass is 328 g/mol. The van der Waals surface area contributed by atoms with E-state index in [4.69, 9.17) is 0 Å². The van der Waals surface area contributed by atoms with Crippen LogP contribution in [0, 0.1) is 5.82 Å². The fourth-order valence-electron chi connectivity index (χ4n) is 2.89. The van der Waals surface area contributed by atoms with Gasteiger partial charge in [-0.15, -0.1) is 0 Å². The number of nitrogens with zero attached hydrogens (tertiary/aromatic N) is 2. The number of carbonyl (C=O) groups excluding carboxylic acids is 1. The van der Waals surface area contributed by atoms with Crippen molar-refractivity contribution in [3.8, 4) is 0 Å². The predicted molar refractivity (Wildman–Crippen MR) is 90.3 cm³/mol. The molecule has 2 aromatic rings. The summed E-state index contributed by atoms with van der Waals surface area (Å²) in [4.78, 5) is 20.4. The molecule has 0 unspecified atom stereocenters. The zero-order valence-electron chi connectivity index (χ0n) is 13.5. The first-order chi connectivity index (χ1) is 11.7. The Balaban J connectivity index is 1.49. The van der Waals surface area contributed by atoms with E-state index in [0.717, 1.165) is 12.8 Å². The van der Waals surface area contributed by atoms with Gasteiger partial charge < -0.3 is 10.6 Å². The second kappa shape index (κ2) is 7.86. The molecule has 1 aliphatic carbocycles. The number of anilines is 1. The topological polar surface area (TPSA) is 66.9 Å². The number of rotatable bonds is 6. The third kappa shape index (κ3) is 4.28. The van der Waals surface area contributed by atoms with Crippen molar-refractivity contribution < 1.29 is 9.18 Å². The van der Waals surface area contributed by atoms with Gasteiger partial charge in [0.05, 0.1) is 12.4 Å². The van der Waals surface area contributed by atoms with Gasteiger partial charge in [-0.2, -0.15) is 0 Å². The molecule has 0 radical (unpaired) electrons. The molecule has 126 valence electrons. The number of amides is 1. The Kier molecular flexibility index (Phi) is 5.36. The van der Waals surface area contributed by atoms with Crippen molar-refractivity contribution >= 4 is 11.7 Å². The third-order valence-electron chi connectivity index (χ3n) is 4.23. The zero-order valence-corrected chi connectivity index (χ0v) is 13.5. The van der Waals surface area contributed by atoms with E-state index in [-0.39, 0.29) is 17.8 Å². The minimum atomic E-state index is -0.204. The summed E-state index contributed by atoms with van der Waals surface area (Å²) in [6, 6.07) is 6.97. The zero-order chi connectivity index (χ0) is 16.8. The van der Waals surface area contributed by atoms with Gasteiger partial charge in [0.25, 0.3) is 5.91 Å². The highest BCUT2D eigenvalue weighted by atomic mass is 19.1. The molecule has 1 saturated carbocycles. The Labute approximate surface area is 140 Å². The molecule has 6 heteroatoms. The van der Waals surface area contributed by atoms with Crippen molar-refractivity contribution in [2.24, 2.45) is 0 Å². The number of nitrogens with one attached hydrogen (secondary N) is 2. The number of hydrogen-bond acceptors (Lipinski definition) is 4. The molecule has 3 rings (SSSR count). The van der Waals surface area contributed by atoms with E-state index in [1.807, 2.05) is 6.07 Å². The Morgan fingerprint density at radius 3 is 2.67 bits per heavy atom. The highest BCUT2D eigenvalue weighted by Gasteiger charge is 2.18. The Hall–Kier alpha value is -2.50. The number of halogens is 1. The van der Waals surface area contributed by atoms with Crippen molar-refractivity contribution in [2.45, 2.75) is 38.1 Å². The molecule has 1 aromatic carbocycles.